The van der Waals surface area contributed by atoms with Gasteiger partial charge in [0.1, 0.15) is 24.7 Å². The van der Waals surface area contributed by atoms with Gasteiger partial charge in [-0.25, -0.2) is 4.79 Å². The Morgan fingerprint density at radius 3 is 2.56 bits per heavy atom. The highest BCUT2D eigenvalue weighted by molar-refractivity contribution is 5.93. The molecule has 3 heterocycles. The van der Waals surface area contributed by atoms with Crippen LogP contribution < -0.4 is 9.47 Å². The number of halogens is 1. The molecule has 0 amide bonds. The molecule has 0 N–H and O–H groups in total. The van der Waals surface area contributed by atoms with Crippen LogP contribution in [-0.4, -0.2) is 50.3 Å². The van der Waals surface area contributed by atoms with Crippen molar-refractivity contribution in [1.29, 1.82) is 0 Å². The van der Waals surface area contributed by atoms with Gasteiger partial charge in [0.2, 0.25) is 5.76 Å². The lowest BCUT2D eigenvalue weighted by Gasteiger charge is -2.25. The molecule has 1 fully saturated rings. The largest absolute Gasteiger partial charge is 0.458 e. The zero-order chi connectivity index (χ0) is 16.4. The Morgan fingerprint density at radius 1 is 1.08 bits per heavy atom. The Bertz CT molecular complexity index is 736. The summed E-state index contributed by atoms with van der Waals surface area (Å²) >= 11 is 0. The first-order valence-electron chi connectivity index (χ1n) is 7.83. The first kappa shape index (κ1) is 17.6. The van der Waals surface area contributed by atoms with Crippen LogP contribution in [0.15, 0.2) is 35.1 Å². The molecule has 0 radical (unpaired) electrons. The van der Waals surface area contributed by atoms with E-state index in [1.807, 2.05) is 0 Å². The summed E-state index contributed by atoms with van der Waals surface area (Å²) in [5, 5.41) is 0.757. The second kappa shape index (κ2) is 7.77. The molecule has 0 aliphatic carbocycles. The van der Waals surface area contributed by atoms with E-state index in [1.54, 1.807) is 18.2 Å². The van der Waals surface area contributed by atoms with Gasteiger partial charge in [0, 0.05) is 31.1 Å². The molecule has 2 aliphatic heterocycles. The molecule has 7 nitrogen and oxygen atoms in total. The zero-order valence-electron chi connectivity index (χ0n) is 13.4. The number of esters is 1. The first-order chi connectivity index (χ1) is 11.8. The molecule has 1 aromatic carbocycles. The summed E-state index contributed by atoms with van der Waals surface area (Å²) in [6.45, 7) is 4.19. The van der Waals surface area contributed by atoms with Crippen molar-refractivity contribution in [2.45, 2.75) is 0 Å². The van der Waals surface area contributed by atoms with Gasteiger partial charge in [0.05, 0.1) is 13.2 Å². The van der Waals surface area contributed by atoms with Crippen molar-refractivity contribution in [3.05, 3.63) is 36.5 Å². The van der Waals surface area contributed by atoms with Crippen molar-refractivity contribution in [3.8, 4) is 11.5 Å². The lowest BCUT2D eigenvalue weighted by Crippen LogP contribution is -2.38. The molecule has 2 aliphatic rings. The third-order valence-electron chi connectivity index (χ3n) is 3.97. The normalized spacial score (nSPS) is 16.5. The number of ether oxygens (including phenoxy) is 4. The van der Waals surface area contributed by atoms with Gasteiger partial charge in [-0.1, -0.05) is 0 Å². The van der Waals surface area contributed by atoms with Crippen molar-refractivity contribution < 1.29 is 28.2 Å². The Labute approximate surface area is 150 Å². The molecule has 0 saturated carbocycles. The summed E-state index contributed by atoms with van der Waals surface area (Å²) in [6, 6.07) is 5.11. The van der Waals surface area contributed by atoms with E-state index in [2.05, 4.69) is 4.90 Å². The SMILES string of the molecule is Cl.O=C(OCCN1CCOCC1)c1cc2cc3c(cc2o1)OC=CO3. The van der Waals surface area contributed by atoms with Crippen LogP contribution in [0.5, 0.6) is 11.5 Å². The number of furan rings is 1. The quantitative estimate of drug-likeness (QED) is 0.769. The van der Waals surface area contributed by atoms with Gasteiger partial charge in [0.25, 0.3) is 0 Å². The molecule has 8 heteroatoms. The topological polar surface area (TPSA) is 70.4 Å². The third-order valence-corrected chi connectivity index (χ3v) is 3.97. The number of rotatable bonds is 4. The lowest BCUT2D eigenvalue weighted by molar-refractivity contribution is 0.0183. The van der Waals surface area contributed by atoms with Crippen molar-refractivity contribution in [2.24, 2.45) is 0 Å². The van der Waals surface area contributed by atoms with E-state index in [0.717, 1.165) is 31.7 Å². The highest BCUT2D eigenvalue weighted by atomic mass is 35.5. The summed E-state index contributed by atoms with van der Waals surface area (Å²) in [5.74, 6) is 0.823. The number of hydrogen-bond acceptors (Lipinski definition) is 7. The average Bonchev–Trinajstić information content (AvgIpc) is 3.03. The van der Waals surface area contributed by atoms with Gasteiger partial charge in [-0.15, -0.1) is 12.4 Å². The summed E-state index contributed by atoms with van der Waals surface area (Å²) in [5.41, 5.74) is 0.549. The number of carbonyl (C=O) groups is 1. The predicted octanol–water partition coefficient (Wildman–Crippen LogP) is 2.59. The van der Waals surface area contributed by atoms with Crippen LogP contribution in [0.2, 0.25) is 0 Å². The van der Waals surface area contributed by atoms with Gasteiger partial charge >= 0.3 is 5.97 Å². The van der Waals surface area contributed by atoms with Crippen LogP contribution in [0, 0.1) is 0 Å². The van der Waals surface area contributed by atoms with E-state index < -0.39 is 5.97 Å². The maximum absolute atomic E-state index is 12.1. The standard InChI is InChI=1S/C17H17NO6.ClH/c19-17(23-6-3-18-1-4-20-5-2-18)16-10-12-9-14-15(11-13(12)24-16)22-8-7-21-14;/h7-11H,1-6H2;1H. The fourth-order valence-electron chi connectivity index (χ4n) is 2.70. The van der Waals surface area contributed by atoms with Crippen LogP contribution in [0.25, 0.3) is 11.0 Å². The van der Waals surface area contributed by atoms with E-state index in [-0.39, 0.29) is 18.2 Å². The van der Waals surface area contributed by atoms with Crippen LogP contribution in [0.4, 0.5) is 0 Å². The molecule has 0 spiro atoms. The monoisotopic (exact) mass is 367 g/mol. The number of carbonyl (C=O) groups excluding carboxylic acids is 1. The Balaban J connectivity index is 0.00000182. The Morgan fingerprint density at radius 2 is 1.80 bits per heavy atom. The van der Waals surface area contributed by atoms with Crippen molar-refractivity contribution in [3.63, 3.8) is 0 Å². The number of fused-ring (bicyclic) bond motifs is 2. The minimum absolute atomic E-state index is 0. The molecule has 0 atom stereocenters. The van der Waals surface area contributed by atoms with Crippen LogP contribution >= 0.6 is 12.4 Å². The van der Waals surface area contributed by atoms with Gasteiger partial charge in [-0.05, 0) is 12.1 Å². The number of morpholine rings is 1. The first-order valence-corrected chi connectivity index (χ1v) is 7.83. The molecule has 0 bridgehead atoms. The second-order valence-electron chi connectivity index (χ2n) is 5.55. The molecule has 1 aromatic heterocycles. The Kier molecular flexibility index (Phi) is 5.47. The maximum atomic E-state index is 12.1. The number of nitrogens with zero attached hydrogens (tertiary/aromatic N) is 1. The van der Waals surface area contributed by atoms with E-state index in [4.69, 9.17) is 23.4 Å². The summed E-state index contributed by atoms with van der Waals surface area (Å²) in [6.07, 6.45) is 2.90. The smallest absolute Gasteiger partial charge is 0.374 e. The van der Waals surface area contributed by atoms with E-state index in [0.29, 0.717) is 30.2 Å². The number of benzene rings is 1. The molecule has 0 unspecified atom stereocenters. The highest BCUT2D eigenvalue weighted by Gasteiger charge is 2.18. The second-order valence-corrected chi connectivity index (χ2v) is 5.55. The van der Waals surface area contributed by atoms with Gasteiger partial charge < -0.3 is 23.4 Å². The fourth-order valence-corrected chi connectivity index (χ4v) is 2.70. The van der Waals surface area contributed by atoms with Crippen molar-refractivity contribution >= 4 is 29.3 Å². The van der Waals surface area contributed by atoms with E-state index >= 15 is 0 Å². The fraction of sp³-hybridized carbons (Fsp3) is 0.353. The minimum atomic E-state index is -0.475. The van der Waals surface area contributed by atoms with Crippen LogP contribution in [-0.2, 0) is 9.47 Å². The molecular weight excluding hydrogens is 350 g/mol. The average molecular weight is 368 g/mol. The zero-order valence-corrected chi connectivity index (χ0v) is 14.3. The van der Waals surface area contributed by atoms with Crippen LogP contribution in [0.1, 0.15) is 10.6 Å². The summed E-state index contributed by atoms with van der Waals surface area (Å²) in [4.78, 5) is 14.3. The molecule has 2 aromatic rings. The maximum Gasteiger partial charge on any atom is 0.374 e. The summed E-state index contributed by atoms with van der Waals surface area (Å²) in [7, 11) is 0. The van der Waals surface area contributed by atoms with Gasteiger partial charge in [-0.3, -0.25) is 4.90 Å². The summed E-state index contributed by atoms with van der Waals surface area (Å²) < 4.78 is 26.8. The lowest BCUT2D eigenvalue weighted by atomic mass is 10.2. The van der Waals surface area contributed by atoms with E-state index in [1.165, 1.54) is 12.5 Å². The van der Waals surface area contributed by atoms with Gasteiger partial charge in [0.15, 0.2) is 11.5 Å². The van der Waals surface area contributed by atoms with Crippen molar-refractivity contribution in [2.75, 3.05) is 39.5 Å². The minimum Gasteiger partial charge on any atom is -0.458 e. The molecule has 4 rings (SSSR count). The molecule has 1 saturated heterocycles. The Hall–Kier alpha value is -2.22. The third kappa shape index (κ3) is 3.89. The van der Waals surface area contributed by atoms with Crippen molar-refractivity contribution in [1.82, 2.24) is 4.90 Å². The highest BCUT2D eigenvalue weighted by Crippen LogP contribution is 2.36. The predicted molar refractivity (Wildman–Crippen MR) is 91.4 cm³/mol. The van der Waals surface area contributed by atoms with Gasteiger partial charge in [-0.2, -0.15) is 0 Å². The van der Waals surface area contributed by atoms with E-state index in [9.17, 15) is 4.79 Å². The number of hydrogen-bond donors (Lipinski definition) is 0. The molecule has 134 valence electrons. The molecule has 25 heavy (non-hydrogen) atoms. The molecular formula is C17H18ClNO6. The van der Waals surface area contributed by atoms with Crippen LogP contribution in [0.3, 0.4) is 0 Å².